The third-order valence-electron chi connectivity index (χ3n) is 21.7. The fourth-order valence-electron chi connectivity index (χ4n) is 14.5. The molecule has 93 heavy (non-hydrogen) atoms. The second kappa shape index (κ2) is 35.2. The highest BCUT2D eigenvalue weighted by molar-refractivity contribution is 6.96. The van der Waals surface area contributed by atoms with Crippen LogP contribution in [0.4, 0.5) is 0 Å². The van der Waals surface area contributed by atoms with Crippen LogP contribution in [-0.4, -0.2) is 183 Å². The molecule has 3 aromatic carbocycles. The number of hydrogen-bond acceptors (Lipinski definition) is 14. The number of aliphatic hydroxyl groups is 1. The van der Waals surface area contributed by atoms with Gasteiger partial charge in [-0.05, 0) is 57.7 Å². The van der Waals surface area contributed by atoms with Crippen molar-refractivity contribution >= 4 is 140 Å². The van der Waals surface area contributed by atoms with Gasteiger partial charge in [-0.15, -0.1) is 0 Å². The topological polar surface area (TPSA) is 140 Å². The van der Waals surface area contributed by atoms with Crippen LogP contribution in [0, 0.1) is 0 Å². The summed E-state index contributed by atoms with van der Waals surface area (Å²) in [4.78, 5) is 0. The Morgan fingerprint density at radius 1 is 0.323 bits per heavy atom. The third kappa shape index (κ3) is 23.5. The van der Waals surface area contributed by atoms with Gasteiger partial charge in [0.25, 0.3) is 0 Å². The van der Waals surface area contributed by atoms with Gasteiger partial charge in [0, 0.05) is 82.1 Å². The average molecular weight is 1520 g/mol. The Morgan fingerprint density at radius 2 is 0.505 bits per heavy atom. The Kier molecular flexibility index (Phi) is 32.3. The third-order valence-corrected chi connectivity index (χ3v) is 70.7. The first-order chi connectivity index (χ1) is 43.1. The maximum absolute atomic E-state index is 12.8. The van der Waals surface area contributed by atoms with Crippen molar-refractivity contribution in [1.82, 2.24) is 0 Å². The van der Waals surface area contributed by atoms with Crippen molar-refractivity contribution in [3.05, 3.63) is 72.8 Å². The van der Waals surface area contributed by atoms with Crippen molar-refractivity contribution in [3.63, 3.8) is 0 Å². The molecular weight excluding hydrogens is 1380 g/mol. The molecule has 3 aromatic rings. The summed E-state index contributed by atoms with van der Waals surface area (Å²) in [6.45, 7) is 43.3. The minimum Gasteiger partial charge on any atom is -0.416 e. The van der Waals surface area contributed by atoms with E-state index in [1.165, 1.54) is 31.1 Å². The fourth-order valence-corrected chi connectivity index (χ4v) is 59.7. The first-order valence-electron chi connectivity index (χ1n) is 34.9. The molecule has 1 aliphatic heterocycles. The number of benzene rings is 3. The summed E-state index contributed by atoms with van der Waals surface area (Å²) < 4.78 is 83.3. The molecule has 1 heterocycles. The van der Waals surface area contributed by atoms with E-state index in [1.54, 1.807) is 64.0 Å². The van der Waals surface area contributed by atoms with Crippen molar-refractivity contribution in [3.8, 4) is 0 Å². The summed E-state index contributed by atoms with van der Waals surface area (Å²) in [5.41, 5.74) is 0. The molecule has 0 saturated carbocycles. The van der Waals surface area contributed by atoms with Crippen molar-refractivity contribution in [2.45, 2.75) is 248 Å². The summed E-state index contributed by atoms with van der Waals surface area (Å²) in [5.74, 6) is 0. The van der Waals surface area contributed by atoms with Gasteiger partial charge in [-0.1, -0.05) is 271 Å². The molecule has 1 N–H and O–H groups in total. The highest BCUT2D eigenvalue weighted by atomic mass is 28.5. The van der Waals surface area contributed by atoms with E-state index in [9.17, 15) is 5.11 Å². The Morgan fingerprint density at radius 3 is 0.688 bits per heavy atom. The summed E-state index contributed by atoms with van der Waals surface area (Å²) in [6, 6.07) is 41.0. The molecule has 0 aromatic heterocycles. The molecule has 1 fully saturated rings. The molecule has 0 spiro atoms. The molecule has 0 amide bonds. The van der Waals surface area contributed by atoms with Gasteiger partial charge in [0.05, 0.1) is 48.4 Å². The maximum Gasteiger partial charge on any atom is 0.500 e. The van der Waals surface area contributed by atoms with E-state index in [1.807, 2.05) is 6.92 Å². The molecular formula is C66H134O14Si13. The zero-order valence-corrected chi connectivity index (χ0v) is 76.8. The van der Waals surface area contributed by atoms with Crippen molar-refractivity contribution in [2.24, 2.45) is 0 Å². The molecule has 3 atom stereocenters. The molecule has 3 unspecified atom stereocenters. The second-order valence-electron chi connectivity index (χ2n) is 31.8. The molecule has 0 bridgehead atoms. The van der Waals surface area contributed by atoms with Crippen LogP contribution in [0.3, 0.4) is 0 Å². The Labute approximate surface area is 581 Å². The lowest BCUT2D eigenvalue weighted by atomic mass is 10.2. The number of rotatable bonds is 42. The van der Waals surface area contributed by atoms with E-state index in [-0.39, 0.29) is 0 Å². The van der Waals surface area contributed by atoms with E-state index < -0.39 is 114 Å². The van der Waals surface area contributed by atoms with Crippen LogP contribution in [0.15, 0.2) is 72.8 Å². The van der Waals surface area contributed by atoms with Gasteiger partial charge in [0.1, 0.15) is 5.22 Å². The van der Waals surface area contributed by atoms with Gasteiger partial charge in [-0.3, -0.25) is 0 Å². The SMILES string of the molecule is CCCC(C)(O)[Si]1(C)O[Si](C)(CCC[Si](C)(C)c2ccc([Si](C)(C)CCC[Si](OC)(OC)OC)cc2)O[Si](C)(CCC[Si](C)(C)c2ccc([Si](C)(C)CCC[Si](OC)(OC)OC)cc2)O[Si](C)(CCC[Si](C)(C)c2ccc([Si](C)(C)CCC[Si](OC)(OC)OC)cc2)O1. The monoisotopic (exact) mass is 1510 g/mol. The lowest BCUT2D eigenvalue weighted by Gasteiger charge is -2.54. The minimum absolute atomic E-state index is 0.593. The lowest BCUT2D eigenvalue weighted by molar-refractivity contribution is 0.0703. The minimum atomic E-state index is -3.43. The van der Waals surface area contributed by atoms with E-state index in [0.717, 1.165) is 117 Å². The van der Waals surface area contributed by atoms with E-state index >= 15 is 0 Å². The molecule has 0 radical (unpaired) electrons. The van der Waals surface area contributed by atoms with E-state index in [2.05, 4.69) is 184 Å². The summed E-state index contributed by atoms with van der Waals surface area (Å²) in [5, 5.41) is 20.6. The lowest BCUT2D eigenvalue weighted by Crippen LogP contribution is -2.73. The Hall–Kier alpha value is -0.0805. The van der Waals surface area contributed by atoms with Crippen LogP contribution in [-0.2, 0) is 56.3 Å². The van der Waals surface area contributed by atoms with Crippen LogP contribution in [0.2, 0.25) is 177 Å². The molecule has 534 valence electrons. The molecule has 27 heteroatoms. The largest absolute Gasteiger partial charge is 0.500 e. The quantitative estimate of drug-likeness (QED) is 0.0538. The van der Waals surface area contributed by atoms with E-state index in [4.69, 9.17) is 56.3 Å². The maximum atomic E-state index is 12.8. The van der Waals surface area contributed by atoms with Gasteiger partial charge >= 0.3 is 60.7 Å². The van der Waals surface area contributed by atoms with Crippen LogP contribution in [0.1, 0.15) is 65.2 Å². The fraction of sp³-hybridized carbons (Fsp3) is 0.727. The molecule has 4 rings (SSSR count). The summed E-state index contributed by atoms with van der Waals surface area (Å²) >= 11 is 0. The van der Waals surface area contributed by atoms with Crippen molar-refractivity contribution in [2.75, 3.05) is 64.0 Å². The summed E-state index contributed by atoms with van der Waals surface area (Å²) in [7, 11) is -16.0. The van der Waals surface area contributed by atoms with Gasteiger partial charge in [0.15, 0.2) is 0 Å². The predicted octanol–water partition coefficient (Wildman–Crippen LogP) is 14.0. The first kappa shape index (κ1) is 85.3. The van der Waals surface area contributed by atoms with Gasteiger partial charge < -0.3 is 61.4 Å². The Bertz CT molecular complexity index is 2550. The molecule has 0 aliphatic carbocycles. The smallest absolute Gasteiger partial charge is 0.416 e. The van der Waals surface area contributed by atoms with Gasteiger partial charge in [-0.2, -0.15) is 0 Å². The van der Waals surface area contributed by atoms with Crippen LogP contribution >= 0.6 is 0 Å². The van der Waals surface area contributed by atoms with Crippen molar-refractivity contribution < 1.29 is 61.4 Å². The highest BCUT2D eigenvalue weighted by Gasteiger charge is 2.62. The van der Waals surface area contributed by atoms with Crippen molar-refractivity contribution in [1.29, 1.82) is 0 Å². The average Bonchev–Trinajstić information content (AvgIpc) is 0.753. The first-order valence-corrected chi connectivity index (χ1v) is 69.8. The van der Waals surface area contributed by atoms with Gasteiger partial charge in [0.2, 0.25) is 0 Å². The Balaban J connectivity index is 1.65. The van der Waals surface area contributed by atoms with Gasteiger partial charge in [-0.25, -0.2) is 0 Å². The standard InChI is InChI=1S/C66H134O14Si13/c1-28-47-66(2,67)90(27)79-88(25,55-30-49-82(14,15)61-37-43-64(44-38-61)85(20,21)52-33-58-92(71-6,72-7)73-8)77-87(24,54-29-48-81(12,13)60-35-41-63(42-36-60)84(18,19)51-32-57-91(68-3,69-4)70-5)78-89(26,80-90)56-31-50-83(16,17)62-39-45-65(46-40-62)86(22,23)53-34-59-93(74-9,75-10)76-11/h35-46,67H,28-34,47-59H2,1-27H3. The zero-order valence-electron chi connectivity index (χ0n) is 63.8. The van der Waals surface area contributed by atoms with Crippen LogP contribution < -0.4 is 31.1 Å². The van der Waals surface area contributed by atoms with Crippen LogP contribution in [0.25, 0.3) is 0 Å². The van der Waals surface area contributed by atoms with Crippen LogP contribution in [0.5, 0.6) is 0 Å². The van der Waals surface area contributed by atoms with E-state index in [0.29, 0.717) is 6.42 Å². The normalized spacial score (nSPS) is 21.8. The molecule has 1 aliphatic rings. The summed E-state index contributed by atoms with van der Waals surface area (Å²) in [6.07, 6.45) is 7.46. The highest BCUT2D eigenvalue weighted by Crippen LogP contribution is 2.43. The second-order valence-corrected chi connectivity index (χ2v) is 84.7. The molecule has 14 nitrogen and oxygen atoms in total. The molecule has 1 saturated heterocycles. The number of hydrogen-bond donors (Lipinski definition) is 1. The zero-order chi connectivity index (χ0) is 70.3. The predicted molar refractivity (Wildman–Crippen MR) is 424 cm³/mol.